The zero-order valence-corrected chi connectivity index (χ0v) is 12.2. The first-order valence-electron chi connectivity index (χ1n) is 4.99. The molecule has 0 N–H and O–H groups in total. The molecule has 2 aliphatic carbocycles. The van der Waals surface area contributed by atoms with Crippen LogP contribution in [-0.2, 0) is 24.7 Å². The quantitative estimate of drug-likeness (QED) is 0.496. The summed E-state index contributed by atoms with van der Waals surface area (Å²) in [5, 5.41) is 0. The van der Waals surface area contributed by atoms with E-state index in [-0.39, 0.29) is 24.8 Å². The first-order chi connectivity index (χ1) is 5.88. The predicted molar refractivity (Wildman–Crippen MR) is 47.4 cm³/mol. The monoisotopic (exact) mass is 307 g/mol. The van der Waals surface area contributed by atoms with Gasteiger partial charge in [0.1, 0.15) is 0 Å². The molecule has 1 saturated carbocycles. The van der Waals surface area contributed by atoms with Gasteiger partial charge in [-0.15, -0.1) is 0 Å². The second-order valence-electron chi connectivity index (χ2n) is 3.88. The van der Waals surface area contributed by atoms with Crippen molar-refractivity contribution in [3.05, 3.63) is 21.0 Å². The number of hydrogen-bond acceptors (Lipinski definition) is 0. The molecule has 0 spiro atoms. The van der Waals surface area contributed by atoms with Crippen LogP contribution < -0.4 is 24.8 Å². The Morgan fingerprint density at radius 2 is 1.71 bits per heavy atom. The van der Waals surface area contributed by atoms with Gasteiger partial charge in [0.05, 0.1) is 0 Å². The summed E-state index contributed by atoms with van der Waals surface area (Å²) in [4.78, 5) is 0. The molecule has 0 heterocycles. The van der Waals surface area contributed by atoms with E-state index in [1.807, 2.05) is 0 Å². The Morgan fingerprint density at radius 3 is 2.21 bits per heavy atom. The molecule has 2 aliphatic rings. The molecule has 0 amide bonds. The Labute approximate surface area is 114 Å². The zero-order chi connectivity index (χ0) is 8.39. The summed E-state index contributed by atoms with van der Waals surface area (Å²) in [5.74, 6) is 0.937. The van der Waals surface area contributed by atoms with Gasteiger partial charge in [-0.2, -0.15) is 0 Å². The first-order valence-corrected chi connectivity index (χ1v) is 6.22. The molecule has 0 aromatic rings. The molecule has 3 heteroatoms. The molecule has 0 aliphatic heterocycles. The third-order valence-corrected chi connectivity index (χ3v) is 4.22. The van der Waals surface area contributed by atoms with Gasteiger partial charge < -0.3 is 24.8 Å². The van der Waals surface area contributed by atoms with Crippen LogP contribution in [0, 0.1) is 5.92 Å². The summed E-state index contributed by atoms with van der Waals surface area (Å²) in [6, 6.07) is 0. The second-order valence-corrected chi connectivity index (χ2v) is 5.36. The Hall–Kier alpha value is 0.943. The van der Waals surface area contributed by atoms with Gasteiger partial charge in [0, 0.05) is 0 Å². The number of halogens is 2. The van der Waals surface area contributed by atoms with Crippen LogP contribution in [0.1, 0.15) is 38.5 Å². The van der Waals surface area contributed by atoms with E-state index >= 15 is 0 Å². The number of rotatable bonds is 1. The molecule has 0 bridgehead atoms. The summed E-state index contributed by atoms with van der Waals surface area (Å²) in [6.07, 6.45) is 13.3. The Bertz CT molecular complexity index is 227. The summed E-state index contributed by atoms with van der Waals surface area (Å²) in [7, 11) is 0. The number of hydrogen-bond donors (Lipinski definition) is 0. The van der Waals surface area contributed by atoms with Crippen molar-refractivity contribution >= 4 is 0 Å². The van der Waals surface area contributed by atoms with E-state index in [4.69, 9.17) is 0 Å². The van der Waals surface area contributed by atoms with Crippen molar-refractivity contribution in [2.45, 2.75) is 38.5 Å². The van der Waals surface area contributed by atoms with Crippen LogP contribution in [0.15, 0.2) is 21.0 Å². The van der Waals surface area contributed by atoms with Gasteiger partial charge in [-0.25, -0.2) is 0 Å². The van der Waals surface area contributed by atoms with Gasteiger partial charge in [-0.05, 0) is 0 Å². The molecule has 77 valence electrons. The molecule has 0 saturated heterocycles. The van der Waals surface area contributed by atoms with Crippen molar-refractivity contribution in [3.63, 3.8) is 0 Å². The van der Waals surface area contributed by atoms with E-state index in [9.17, 15) is 0 Å². The minimum absolute atomic E-state index is 0. The summed E-state index contributed by atoms with van der Waals surface area (Å²) in [5.41, 5.74) is 1.72. The van der Waals surface area contributed by atoms with E-state index in [2.05, 4.69) is 12.2 Å². The molecule has 0 nitrogen and oxygen atoms in total. The van der Waals surface area contributed by atoms with E-state index in [1.54, 1.807) is 33.6 Å². The van der Waals surface area contributed by atoms with Crippen molar-refractivity contribution in [3.8, 4) is 0 Å². The summed E-state index contributed by atoms with van der Waals surface area (Å²) < 4.78 is 1.72. The molecule has 0 aromatic heterocycles. The third kappa shape index (κ3) is 3.51. The minimum atomic E-state index is 0. The predicted octanol–water partition coefficient (Wildman–Crippen LogP) is -2.66. The summed E-state index contributed by atoms with van der Waals surface area (Å²) in [6.45, 7) is 0. The maximum atomic E-state index is 2.39. The standard InChI is InChI=1S/C11H15.2ClH.Zr/c1-2-6-10(7-3-1)11-8-4-5-9-11;;;/h4,8,10H,1-3,5-7H2;2*1H;/q;;;+2/p-2. The van der Waals surface area contributed by atoms with Crippen molar-refractivity contribution < 1.29 is 49.5 Å². The average molecular weight is 309 g/mol. The van der Waals surface area contributed by atoms with Gasteiger partial charge in [0.2, 0.25) is 0 Å². The average Bonchev–Trinajstić information content (AvgIpc) is 2.53. The van der Waals surface area contributed by atoms with Crippen LogP contribution in [0.5, 0.6) is 0 Å². The topological polar surface area (TPSA) is 0 Å². The molecule has 14 heavy (non-hydrogen) atoms. The van der Waals surface area contributed by atoms with Crippen LogP contribution in [0.25, 0.3) is 0 Å². The van der Waals surface area contributed by atoms with Crippen molar-refractivity contribution in [1.82, 2.24) is 0 Å². The molecule has 1 fully saturated rings. The van der Waals surface area contributed by atoms with E-state index in [0.717, 1.165) is 5.92 Å². The Balaban J connectivity index is 0.000000845. The first kappa shape index (κ1) is 14.9. The molecule has 0 radical (unpaired) electrons. The van der Waals surface area contributed by atoms with Crippen molar-refractivity contribution in [2.75, 3.05) is 0 Å². The zero-order valence-electron chi connectivity index (χ0n) is 8.23. The van der Waals surface area contributed by atoms with Crippen LogP contribution in [0.4, 0.5) is 0 Å². The fourth-order valence-electron chi connectivity index (χ4n) is 2.32. The Kier molecular flexibility index (Phi) is 7.74. The van der Waals surface area contributed by atoms with E-state index in [0.29, 0.717) is 0 Å². The SMILES string of the molecule is [Cl-].[Cl-].[Zr+2][C]1=C(C2CCCCC2)C=CC1. The van der Waals surface area contributed by atoms with Gasteiger partial charge in [-0.1, -0.05) is 0 Å². The van der Waals surface area contributed by atoms with Crippen molar-refractivity contribution in [2.24, 2.45) is 5.92 Å². The normalized spacial score (nSPS) is 21.9. The third-order valence-electron chi connectivity index (χ3n) is 3.01. The van der Waals surface area contributed by atoms with Gasteiger partial charge in [-0.3, -0.25) is 0 Å². The second kappa shape index (κ2) is 7.26. The summed E-state index contributed by atoms with van der Waals surface area (Å²) >= 11 is 1.64. The molecular weight excluding hydrogens is 294 g/mol. The van der Waals surface area contributed by atoms with Crippen LogP contribution >= 0.6 is 0 Å². The number of allylic oxidation sites excluding steroid dienone is 4. The fraction of sp³-hybridized carbons (Fsp3) is 0.636. The van der Waals surface area contributed by atoms with Crippen LogP contribution in [-0.4, -0.2) is 0 Å². The van der Waals surface area contributed by atoms with Gasteiger partial charge >= 0.3 is 90.2 Å². The molecule has 0 unspecified atom stereocenters. The van der Waals surface area contributed by atoms with Gasteiger partial charge in [0.25, 0.3) is 0 Å². The fourth-order valence-corrected chi connectivity index (χ4v) is 3.31. The van der Waals surface area contributed by atoms with Gasteiger partial charge in [0.15, 0.2) is 0 Å². The molecule has 0 aromatic carbocycles. The van der Waals surface area contributed by atoms with Crippen LogP contribution in [0.2, 0.25) is 0 Å². The van der Waals surface area contributed by atoms with E-state index in [1.165, 1.54) is 38.5 Å². The van der Waals surface area contributed by atoms with Crippen LogP contribution in [0.3, 0.4) is 0 Å². The van der Waals surface area contributed by atoms with E-state index < -0.39 is 0 Å². The molecule has 2 rings (SSSR count). The molecular formula is C11H15Cl2Zr. The molecule has 0 atom stereocenters. The maximum absolute atomic E-state index is 2.39. The Morgan fingerprint density at radius 1 is 1.07 bits per heavy atom. The van der Waals surface area contributed by atoms with Crippen molar-refractivity contribution in [1.29, 1.82) is 0 Å².